The van der Waals surface area contributed by atoms with Gasteiger partial charge in [-0.05, 0) is 43.9 Å². The Morgan fingerprint density at radius 1 is 1.37 bits per heavy atom. The summed E-state index contributed by atoms with van der Waals surface area (Å²) >= 11 is 0. The highest BCUT2D eigenvalue weighted by Gasteiger charge is 2.31. The molecule has 0 bridgehead atoms. The van der Waals surface area contributed by atoms with Crippen molar-refractivity contribution in [2.45, 2.75) is 32.6 Å². The lowest BCUT2D eigenvalue weighted by molar-refractivity contribution is -0.143. The third-order valence-corrected chi connectivity index (χ3v) is 3.56. The number of hydrogen-bond acceptors (Lipinski definition) is 3. The van der Waals surface area contributed by atoms with E-state index in [0.29, 0.717) is 18.7 Å². The SMILES string of the molecule is Cc1ccnc(NC(=O)C2CCCC(C(=O)O)C2)c1. The Kier molecular flexibility index (Phi) is 4.14. The van der Waals surface area contributed by atoms with Gasteiger partial charge in [0.15, 0.2) is 0 Å². The van der Waals surface area contributed by atoms with E-state index in [1.807, 2.05) is 13.0 Å². The number of amides is 1. The van der Waals surface area contributed by atoms with E-state index >= 15 is 0 Å². The fourth-order valence-corrected chi connectivity index (χ4v) is 2.49. The zero-order valence-electron chi connectivity index (χ0n) is 10.9. The van der Waals surface area contributed by atoms with Gasteiger partial charge in [-0.1, -0.05) is 6.42 Å². The predicted molar refractivity (Wildman–Crippen MR) is 70.7 cm³/mol. The molecule has 1 aliphatic carbocycles. The molecular formula is C14H18N2O3. The van der Waals surface area contributed by atoms with Crippen LogP contribution in [0, 0.1) is 18.8 Å². The van der Waals surface area contributed by atoms with Crippen molar-refractivity contribution >= 4 is 17.7 Å². The number of aliphatic carboxylic acids is 1. The molecule has 102 valence electrons. The van der Waals surface area contributed by atoms with Crippen LogP contribution in [0.25, 0.3) is 0 Å². The van der Waals surface area contributed by atoms with Crippen LogP contribution in [0.2, 0.25) is 0 Å². The first-order chi connectivity index (χ1) is 9.06. The van der Waals surface area contributed by atoms with Crippen molar-refractivity contribution in [3.8, 4) is 0 Å². The summed E-state index contributed by atoms with van der Waals surface area (Å²) in [6.45, 7) is 1.93. The number of carbonyl (C=O) groups is 2. The molecule has 0 spiro atoms. The number of anilines is 1. The Balaban J connectivity index is 1.98. The van der Waals surface area contributed by atoms with Crippen LogP contribution < -0.4 is 5.32 Å². The topological polar surface area (TPSA) is 79.3 Å². The molecule has 1 aliphatic rings. The lowest BCUT2D eigenvalue weighted by Crippen LogP contribution is -2.31. The summed E-state index contributed by atoms with van der Waals surface area (Å²) in [5.41, 5.74) is 1.03. The highest BCUT2D eigenvalue weighted by molar-refractivity contribution is 5.92. The van der Waals surface area contributed by atoms with Crippen LogP contribution in [0.15, 0.2) is 18.3 Å². The first-order valence-electron chi connectivity index (χ1n) is 6.52. The van der Waals surface area contributed by atoms with Gasteiger partial charge < -0.3 is 10.4 Å². The molecule has 1 aromatic rings. The monoisotopic (exact) mass is 262 g/mol. The number of nitrogens with one attached hydrogen (secondary N) is 1. The molecule has 0 saturated heterocycles. The average molecular weight is 262 g/mol. The summed E-state index contributed by atoms with van der Waals surface area (Å²) < 4.78 is 0. The van der Waals surface area contributed by atoms with E-state index < -0.39 is 11.9 Å². The van der Waals surface area contributed by atoms with E-state index in [1.165, 1.54) is 0 Å². The van der Waals surface area contributed by atoms with Crippen LogP contribution in [-0.2, 0) is 9.59 Å². The van der Waals surface area contributed by atoms with Crippen molar-refractivity contribution in [2.24, 2.45) is 11.8 Å². The molecule has 1 amide bonds. The van der Waals surface area contributed by atoms with Crippen molar-refractivity contribution in [3.63, 3.8) is 0 Å². The zero-order valence-corrected chi connectivity index (χ0v) is 10.9. The molecule has 1 aromatic heterocycles. The molecule has 2 atom stereocenters. The first-order valence-corrected chi connectivity index (χ1v) is 6.52. The maximum absolute atomic E-state index is 12.1. The summed E-state index contributed by atoms with van der Waals surface area (Å²) in [5, 5.41) is 11.8. The third-order valence-electron chi connectivity index (χ3n) is 3.56. The lowest BCUT2D eigenvalue weighted by Gasteiger charge is -2.25. The molecule has 19 heavy (non-hydrogen) atoms. The highest BCUT2D eigenvalue weighted by Crippen LogP contribution is 2.30. The van der Waals surface area contributed by atoms with Gasteiger partial charge in [0.2, 0.25) is 5.91 Å². The average Bonchev–Trinajstić information content (AvgIpc) is 2.39. The lowest BCUT2D eigenvalue weighted by atomic mass is 9.81. The molecule has 2 rings (SSSR count). The fraction of sp³-hybridized carbons (Fsp3) is 0.500. The van der Waals surface area contributed by atoms with Crippen LogP contribution in [0.5, 0.6) is 0 Å². The minimum absolute atomic E-state index is 0.121. The summed E-state index contributed by atoms with van der Waals surface area (Å²) in [6.07, 6.45) is 4.28. The van der Waals surface area contributed by atoms with Crippen LogP contribution in [0.4, 0.5) is 5.82 Å². The van der Waals surface area contributed by atoms with Crippen LogP contribution in [0.3, 0.4) is 0 Å². The van der Waals surface area contributed by atoms with Gasteiger partial charge in [-0.2, -0.15) is 0 Å². The minimum Gasteiger partial charge on any atom is -0.481 e. The van der Waals surface area contributed by atoms with Gasteiger partial charge in [0, 0.05) is 12.1 Å². The highest BCUT2D eigenvalue weighted by atomic mass is 16.4. The largest absolute Gasteiger partial charge is 0.481 e. The van der Waals surface area contributed by atoms with Gasteiger partial charge in [0.1, 0.15) is 5.82 Å². The Labute approximate surface area is 112 Å². The number of carboxylic acid groups (broad SMARTS) is 1. The Bertz CT molecular complexity index is 487. The third kappa shape index (κ3) is 3.53. The number of carboxylic acids is 1. The number of hydrogen-bond donors (Lipinski definition) is 2. The second-order valence-electron chi connectivity index (χ2n) is 5.11. The number of pyridine rings is 1. The van der Waals surface area contributed by atoms with Crippen LogP contribution >= 0.6 is 0 Å². The van der Waals surface area contributed by atoms with Crippen molar-refractivity contribution in [3.05, 3.63) is 23.9 Å². The van der Waals surface area contributed by atoms with Gasteiger partial charge in [-0.25, -0.2) is 4.98 Å². The fourth-order valence-electron chi connectivity index (χ4n) is 2.49. The molecule has 0 radical (unpaired) electrons. The van der Waals surface area contributed by atoms with Crippen molar-refractivity contribution in [2.75, 3.05) is 5.32 Å². The molecule has 0 aliphatic heterocycles. The minimum atomic E-state index is -0.800. The van der Waals surface area contributed by atoms with Crippen LogP contribution in [-0.4, -0.2) is 22.0 Å². The van der Waals surface area contributed by atoms with E-state index in [9.17, 15) is 9.59 Å². The second-order valence-corrected chi connectivity index (χ2v) is 5.11. The molecule has 5 nitrogen and oxygen atoms in total. The summed E-state index contributed by atoms with van der Waals surface area (Å²) in [4.78, 5) is 27.2. The van der Waals surface area contributed by atoms with Gasteiger partial charge in [0.25, 0.3) is 0 Å². The first kappa shape index (κ1) is 13.5. The van der Waals surface area contributed by atoms with Crippen molar-refractivity contribution < 1.29 is 14.7 Å². The normalized spacial score (nSPS) is 22.8. The number of rotatable bonds is 3. The quantitative estimate of drug-likeness (QED) is 0.875. The summed E-state index contributed by atoms with van der Waals surface area (Å²) in [5.74, 6) is -1.01. The number of aryl methyl sites for hydroxylation is 1. The zero-order chi connectivity index (χ0) is 13.8. The van der Waals surface area contributed by atoms with E-state index in [0.717, 1.165) is 18.4 Å². The molecule has 2 unspecified atom stereocenters. The molecule has 5 heteroatoms. The van der Waals surface area contributed by atoms with Crippen molar-refractivity contribution in [1.29, 1.82) is 0 Å². The van der Waals surface area contributed by atoms with Gasteiger partial charge in [-0.3, -0.25) is 9.59 Å². The smallest absolute Gasteiger partial charge is 0.306 e. The number of aromatic nitrogens is 1. The van der Waals surface area contributed by atoms with Gasteiger partial charge in [0.05, 0.1) is 5.92 Å². The van der Waals surface area contributed by atoms with E-state index in [-0.39, 0.29) is 11.8 Å². The van der Waals surface area contributed by atoms with Crippen LogP contribution in [0.1, 0.15) is 31.2 Å². The Hall–Kier alpha value is -1.91. The van der Waals surface area contributed by atoms with E-state index in [2.05, 4.69) is 10.3 Å². The maximum Gasteiger partial charge on any atom is 0.306 e. The van der Waals surface area contributed by atoms with E-state index in [1.54, 1.807) is 12.3 Å². The standard InChI is InChI=1S/C14H18N2O3/c1-9-5-6-15-12(7-9)16-13(17)10-3-2-4-11(8-10)14(18)19/h5-7,10-11H,2-4,8H2,1H3,(H,18,19)(H,15,16,17). The predicted octanol–water partition coefficient (Wildman–Crippen LogP) is 2.22. The number of carbonyl (C=O) groups excluding carboxylic acids is 1. The van der Waals surface area contributed by atoms with E-state index in [4.69, 9.17) is 5.11 Å². The van der Waals surface area contributed by atoms with Gasteiger partial charge >= 0.3 is 5.97 Å². The number of nitrogens with zero attached hydrogens (tertiary/aromatic N) is 1. The molecule has 0 aromatic carbocycles. The Morgan fingerprint density at radius 3 is 2.79 bits per heavy atom. The summed E-state index contributed by atoms with van der Waals surface area (Å²) in [6, 6.07) is 3.66. The Morgan fingerprint density at radius 2 is 2.11 bits per heavy atom. The maximum atomic E-state index is 12.1. The molecular weight excluding hydrogens is 244 g/mol. The molecule has 1 heterocycles. The molecule has 1 saturated carbocycles. The second kappa shape index (κ2) is 5.82. The van der Waals surface area contributed by atoms with Gasteiger partial charge in [-0.15, -0.1) is 0 Å². The summed E-state index contributed by atoms with van der Waals surface area (Å²) in [7, 11) is 0. The molecule has 1 fully saturated rings. The van der Waals surface area contributed by atoms with Crippen molar-refractivity contribution in [1.82, 2.24) is 4.98 Å². The molecule has 2 N–H and O–H groups in total.